The molecule has 5 heteroatoms. The van der Waals surface area contributed by atoms with Crippen LogP contribution in [0, 0.1) is 27.7 Å². The number of anilines is 1. The van der Waals surface area contributed by atoms with Crippen molar-refractivity contribution in [2.75, 3.05) is 32.1 Å². The van der Waals surface area contributed by atoms with Gasteiger partial charge in [0.05, 0.1) is 16.6 Å². The summed E-state index contributed by atoms with van der Waals surface area (Å²) in [6.45, 7) is 9.79. The van der Waals surface area contributed by atoms with E-state index >= 15 is 0 Å². The molecule has 0 fully saturated rings. The van der Waals surface area contributed by atoms with Crippen LogP contribution >= 0.6 is 11.3 Å². The van der Waals surface area contributed by atoms with E-state index in [1.807, 2.05) is 19.0 Å². The van der Waals surface area contributed by atoms with Gasteiger partial charge in [-0.2, -0.15) is 0 Å². The lowest BCUT2D eigenvalue weighted by atomic mass is 10.0. The largest absolute Gasteiger partial charge is 0.308 e. The maximum Gasteiger partial charge on any atom is 0.233 e. The molecular weight excluding hydrogens is 366 g/mol. The Morgan fingerprint density at radius 3 is 2.25 bits per heavy atom. The topological polar surface area (TPSA) is 36.4 Å². The van der Waals surface area contributed by atoms with Gasteiger partial charge in [-0.25, -0.2) is 4.98 Å². The lowest BCUT2D eigenvalue weighted by molar-refractivity contribution is -0.118. The van der Waals surface area contributed by atoms with Crippen molar-refractivity contribution in [2.24, 2.45) is 0 Å². The molecule has 0 aliphatic rings. The van der Waals surface area contributed by atoms with E-state index in [1.165, 1.54) is 21.4 Å². The molecule has 0 N–H and O–H groups in total. The molecule has 0 saturated carbocycles. The lowest BCUT2D eigenvalue weighted by Crippen LogP contribution is -2.37. The molecule has 1 heterocycles. The second kappa shape index (κ2) is 8.41. The number of rotatable bonds is 6. The average molecular weight is 396 g/mol. The number of thiazole rings is 1. The molecule has 2 aromatic carbocycles. The number of likely N-dealkylation sites (N-methyl/N-ethyl adjacent to an activating group) is 1. The Morgan fingerprint density at radius 2 is 1.61 bits per heavy atom. The average Bonchev–Trinajstić information content (AvgIpc) is 3.08. The summed E-state index contributed by atoms with van der Waals surface area (Å²) >= 11 is 1.62. The highest BCUT2D eigenvalue weighted by Crippen LogP contribution is 2.33. The highest BCUT2D eigenvalue weighted by molar-refractivity contribution is 7.22. The fraction of sp³-hybridized carbons (Fsp3) is 0.391. The standard InChI is InChI=1S/C23H29N3OS/c1-15-9-10-19(13-18(15)4)14-20(27)26(12-11-25(5)6)23-24-21-16(2)7-8-17(3)22(21)28-23/h7-10,13H,11-12,14H2,1-6H3. The highest BCUT2D eigenvalue weighted by atomic mass is 32.1. The fourth-order valence-electron chi connectivity index (χ4n) is 3.17. The quantitative estimate of drug-likeness (QED) is 0.609. The first-order chi connectivity index (χ1) is 13.3. The molecule has 0 radical (unpaired) electrons. The number of carbonyl (C=O) groups is 1. The summed E-state index contributed by atoms with van der Waals surface area (Å²) < 4.78 is 1.17. The van der Waals surface area contributed by atoms with E-state index < -0.39 is 0 Å². The third-order valence-electron chi connectivity index (χ3n) is 5.16. The van der Waals surface area contributed by atoms with Crippen LogP contribution in [0.4, 0.5) is 5.13 Å². The van der Waals surface area contributed by atoms with Gasteiger partial charge in [0, 0.05) is 13.1 Å². The number of benzene rings is 2. The van der Waals surface area contributed by atoms with Gasteiger partial charge in [-0.05, 0) is 69.6 Å². The zero-order valence-electron chi connectivity index (χ0n) is 17.7. The van der Waals surface area contributed by atoms with E-state index in [1.54, 1.807) is 11.3 Å². The Labute approximate surface area is 171 Å². The van der Waals surface area contributed by atoms with Crippen LogP contribution in [0.15, 0.2) is 30.3 Å². The van der Waals surface area contributed by atoms with Crippen molar-refractivity contribution in [1.82, 2.24) is 9.88 Å². The maximum absolute atomic E-state index is 13.2. The van der Waals surface area contributed by atoms with Crippen LogP contribution in [-0.2, 0) is 11.2 Å². The molecule has 0 spiro atoms. The molecule has 0 aliphatic carbocycles. The summed E-state index contributed by atoms with van der Waals surface area (Å²) in [6, 6.07) is 10.5. The maximum atomic E-state index is 13.2. The van der Waals surface area contributed by atoms with Crippen LogP contribution < -0.4 is 4.90 Å². The molecule has 4 nitrogen and oxygen atoms in total. The lowest BCUT2D eigenvalue weighted by Gasteiger charge is -2.22. The van der Waals surface area contributed by atoms with Gasteiger partial charge in [-0.3, -0.25) is 9.69 Å². The number of nitrogens with zero attached hydrogens (tertiary/aromatic N) is 3. The van der Waals surface area contributed by atoms with E-state index in [-0.39, 0.29) is 5.91 Å². The van der Waals surface area contributed by atoms with Crippen LogP contribution in [0.25, 0.3) is 10.2 Å². The summed E-state index contributed by atoms with van der Waals surface area (Å²) in [5.41, 5.74) is 6.88. The first-order valence-corrected chi connectivity index (χ1v) is 10.5. The first-order valence-electron chi connectivity index (χ1n) is 9.64. The monoisotopic (exact) mass is 395 g/mol. The number of carbonyl (C=O) groups excluding carboxylic acids is 1. The predicted octanol–water partition coefficient (Wildman–Crippen LogP) is 4.67. The van der Waals surface area contributed by atoms with Crippen molar-refractivity contribution in [1.29, 1.82) is 0 Å². The van der Waals surface area contributed by atoms with Crippen LogP contribution in [-0.4, -0.2) is 43.0 Å². The fourth-order valence-corrected chi connectivity index (χ4v) is 4.33. The molecule has 148 valence electrons. The van der Waals surface area contributed by atoms with Gasteiger partial charge in [0.25, 0.3) is 0 Å². The Morgan fingerprint density at radius 1 is 0.929 bits per heavy atom. The molecule has 0 unspecified atom stereocenters. The minimum Gasteiger partial charge on any atom is -0.308 e. The van der Waals surface area contributed by atoms with Crippen molar-refractivity contribution >= 4 is 32.6 Å². The zero-order valence-corrected chi connectivity index (χ0v) is 18.5. The van der Waals surface area contributed by atoms with Crippen molar-refractivity contribution in [2.45, 2.75) is 34.1 Å². The number of hydrogen-bond acceptors (Lipinski definition) is 4. The third kappa shape index (κ3) is 4.42. The normalized spacial score (nSPS) is 11.4. The Kier molecular flexibility index (Phi) is 6.16. The van der Waals surface area contributed by atoms with E-state index in [0.717, 1.165) is 28.3 Å². The van der Waals surface area contributed by atoms with Crippen LogP contribution in [0.3, 0.4) is 0 Å². The van der Waals surface area contributed by atoms with Crippen LogP contribution in [0.5, 0.6) is 0 Å². The zero-order chi connectivity index (χ0) is 20.4. The van der Waals surface area contributed by atoms with E-state index in [9.17, 15) is 4.79 Å². The molecule has 1 aromatic heterocycles. The van der Waals surface area contributed by atoms with Gasteiger partial charge < -0.3 is 4.90 Å². The molecule has 0 atom stereocenters. The number of aryl methyl sites for hydroxylation is 4. The smallest absolute Gasteiger partial charge is 0.233 e. The molecule has 0 aliphatic heterocycles. The molecule has 28 heavy (non-hydrogen) atoms. The third-order valence-corrected chi connectivity index (χ3v) is 6.37. The van der Waals surface area contributed by atoms with Gasteiger partial charge in [-0.15, -0.1) is 0 Å². The van der Waals surface area contributed by atoms with Gasteiger partial charge in [-0.1, -0.05) is 41.7 Å². The highest BCUT2D eigenvalue weighted by Gasteiger charge is 2.21. The van der Waals surface area contributed by atoms with Crippen molar-refractivity contribution < 1.29 is 4.79 Å². The van der Waals surface area contributed by atoms with Crippen LogP contribution in [0.1, 0.15) is 27.8 Å². The summed E-state index contributed by atoms with van der Waals surface area (Å²) in [5.74, 6) is 0.0967. The molecule has 0 bridgehead atoms. The summed E-state index contributed by atoms with van der Waals surface area (Å²) in [7, 11) is 4.05. The Hall–Kier alpha value is -2.24. The van der Waals surface area contributed by atoms with Crippen molar-refractivity contribution in [3.63, 3.8) is 0 Å². The minimum absolute atomic E-state index is 0.0967. The molecule has 1 amide bonds. The first kappa shape index (κ1) is 20.5. The summed E-state index contributed by atoms with van der Waals surface area (Å²) in [5, 5.41) is 0.795. The number of aromatic nitrogens is 1. The summed E-state index contributed by atoms with van der Waals surface area (Å²) in [6.07, 6.45) is 0.391. The molecule has 3 aromatic rings. The van der Waals surface area contributed by atoms with E-state index in [2.05, 4.69) is 62.9 Å². The van der Waals surface area contributed by atoms with E-state index in [4.69, 9.17) is 4.98 Å². The number of hydrogen-bond donors (Lipinski definition) is 0. The van der Waals surface area contributed by atoms with Crippen molar-refractivity contribution in [3.05, 3.63) is 58.1 Å². The SMILES string of the molecule is Cc1ccc(CC(=O)N(CCN(C)C)c2nc3c(C)ccc(C)c3s2)cc1C. The second-order valence-corrected chi connectivity index (χ2v) is 8.80. The Balaban J connectivity index is 1.94. The van der Waals surface area contributed by atoms with Gasteiger partial charge in [0.1, 0.15) is 0 Å². The van der Waals surface area contributed by atoms with Crippen molar-refractivity contribution in [3.8, 4) is 0 Å². The minimum atomic E-state index is 0.0967. The molecule has 0 saturated heterocycles. The number of fused-ring (bicyclic) bond motifs is 1. The van der Waals surface area contributed by atoms with E-state index in [0.29, 0.717) is 13.0 Å². The second-order valence-electron chi connectivity index (χ2n) is 7.82. The number of amides is 1. The van der Waals surface area contributed by atoms with Gasteiger partial charge in [0.2, 0.25) is 5.91 Å². The van der Waals surface area contributed by atoms with Crippen LogP contribution in [0.2, 0.25) is 0 Å². The molecule has 3 rings (SSSR count). The predicted molar refractivity (Wildman–Crippen MR) is 120 cm³/mol. The molecular formula is C23H29N3OS. The Bertz CT molecular complexity index is 967. The van der Waals surface area contributed by atoms with Gasteiger partial charge in [0.15, 0.2) is 5.13 Å². The summed E-state index contributed by atoms with van der Waals surface area (Å²) in [4.78, 5) is 22.1. The van der Waals surface area contributed by atoms with Gasteiger partial charge >= 0.3 is 0 Å².